The third-order valence-corrected chi connectivity index (χ3v) is 5.72. The number of benzene rings is 2. The lowest BCUT2D eigenvalue weighted by Gasteiger charge is -2.12. The van der Waals surface area contributed by atoms with Crippen LogP contribution in [0.2, 0.25) is 0 Å². The molecular formula is C34H47N5O2S. The second kappa shape index (κ2) is 22.3. The van der Waals surface area contributed by atoms with Crippen LogP contribution in [-0.4, -0.2) is 12.1 Å². The fraction of sp³-hybridized carbons (Fsp3) is 0.235. The Balaban J connectivity index is 0.00000132. The molecule has 0 aliphatic rings. The van der Waals surface area contributed by atoms with Crippen LogP contribution in [0, 0.1) is 12.3 Å². The Hall–Kier alpha value is -4.43. The van der Waals surface area contributed by atoms with E-state index in [1.54, 1.807) is 30.5 Å². The number of aryl methyl sites for hydroxylation is 1. The predicted molar refractivity (Wildman–Crippen MR) is 186 cm³/mol. The molecule has 0 bridgehead atoms. The van der Waals surface area contributed by atoms with Gasteiger partial charge in [-0.1, -0.05) is 78.1 Å². The average molecular weight is 590 g/mol. The summed E-state index contributed by atoms with van der Waals surface area (Å²) in [7, 11) is 0. The van der Waals surface area contributed by atoms with Crippen LogP contribution in [0.4, 0.5) is 17.1 Å². The molecule has 7 nitrogen and oxygen atoms in total. The van der Waals surface area contributed by atoms with Gasteiger partial charge >= 0.3 is 0 Å². The maximum atomic E-state index is 10.8. The molecule has 0 saturated heterocycles. The minimum atomic E-state index is 0.245. The number of thiol groups is 1. The Morgan fingerprint density at radius 1 is 1.12 bits per heavy atom. The van der Waals surface area contributed by atoms with Gasteiger partial charge in [0.05, 0.1) is 24.3 Å². The topological polar surface area (TPSA) is 116 Å². The zero-order chi connectivity index (χ0) is 31.9. The van der Waals surface area contributed by atoms with Crippen molar-refractivity contribution in [2.45, 2.75) is 54.5 Å². The SMILES string of the molecule is C=C(NCc1ccco1)Nc1cccc(/C=C/C(=N)c2cc(NC=O)c(C)cc2N)c1.C=C/C=C(\S)CC.CC.CC. The van der Waals surface area contributed by atoms with Crippen molar-refractivity contribution in [2.75, 3.05) is 16.4 Å². The summed E-state index contributed by atoms with van der Waals surface area (Å²) in [5, 5.41) is 17.4. The maximum absolute atomic E-state index is 10.8. The number of hydrogen-bond donors (Lipinski definition) is 6. The van der Waals surface area contributed by atoms with Crippen LogP contribution in [0.25, 0.3) is 6.08 Å². The normalized spacial score (nSPS) is 10.0. The molecule has 3 aromatic rings. The molecule has 1 amide bonds. The van der Waals surface area contributed by atoms with E-state index in [-0.39, 0.29) is 5.71 Å². The average Bonchev–Trinajstić information content (AvgIpc) is 3.53. The van der Waals surface area contributed by atoms with Gasteiger partial charge in [0.25, 0.3) is 0 Å². The predicted octanol–water partition coefficient (Wildman–Crippen LogP) is 8.94. The molecule has 0 aliphatic carbocycles. The van der Waals surface area contributed by atoms with Crippen molar-refractivity contribution in [1.29, 1.82) is 5.41 Å². The summed E-state index contributed by atoms with van der Waals surface area (Å²) < 4.78 is 5.29. The van der Waals surface area contributed by atoms with E-state index in [2.05, 4.69) is 48.7 Å². The minimum absolute atomic E-state index is 0.245. The summed E-state index contributed by atoms with van der Waals surface area (Å²) in [5.41, 5.74) is 10.6. The Morgan fingerprint density at radius 2 is 1.83 bits per heavy atom. The summed E-state index contributed by atoms with van der Waals surface area (Å²) >= 11 is 4.10. The molecule has 0 aliphatic heterocycles. The van der Waals surface area contributed by atoms with E-state index in [0.717, 1.165) is 33.9 Å². The van der Waals surface area contributed by atoms with E-state index < -0.39 is 0 Å². The lowest BCUT2D eigenvalue weighted by molar-refractivity contribution is -0.105. The van der Waals surface area contributed by atoms with Crippen LogP contribution >= 0.6 is 12.6 Å². The number of nitrogen functional groups attached to an aromatic ring is 1. The van der Waals surface area contributed by atoms with Crippen LogP contribution in [0.5, 0.6) is 0 Å². The van der Waals surface area contributed by atoms with Crippen molar-refractivity contribution in [2.24, 2.45) is 0 Å². The second-order valence-electron chi connectivity index (χ2n) is 8.17. The number of nitrogens with one attached hydrogen (secondary N) is 4. The number of allylic oxidation sites excluding steroid dienone is 4. The Bertz CT molecular complexity index is 1310. The fourth-order valence-electron chi connectivity index (χ4n) is 3.25. The number of carbonyl (C=O) groups is 1. The van der Waals surface area contributed by atoms with E-state index in [1.165, 1.54) is 0 Å². The Kier molecular flexibility index (Phi) is 19.9. The number of rotatable bonds is 12. The molecule has 3 rings (SSSR count). The standard InChI is InChI=1S/C24H25N5O2.C6H10S.2C2H6/c1-16-11-23(26)21(13-24(16)28-15-30)22(25)9-8-18-5-3-6-19(12-18)29-17(2)27-14-20-7-4-10-31-20;1-3-5-6(7)4-2;2*1-2/h3-13,15,25,27,29H,2,14,26H2,1H3,(H,28,30);3,5,7H,1,4H2,2H3;2*1-2H3/b9-8+,25-22?;6-5-;;. The van der Waals surface area contributed by atoms with Gasteiger partial charge < -0.3 is 31.5 Å². The Morgan fingerprint density at radius 3 is 2.40 bits per heavy atom. The number of carbonyl (C=O) groups excluding carboxylic acids is 1. The lowest BCUT2D eigenvalue weighted by atomic mass is 10.0. The highest BCUT2D eigenvalue weighted by molar-refractivity contribution is 7.84. The first kappa shape index (κ1) is 37.6. The van der Waals surface area contributed by atoms with Crippen LogP contribution in [-0.2, 0) is 11.3 Å². The molecule has 8 heteroatoms. The highest BCUT2D eigenvalue weighted by Crippen LogP contribution is 2.24. The Labute approximate surface area is 257 Å². The molecule has 1 heterocycles. The maximum Gasteiger partial charge on any atom is 0.211 e. The van der Waals surface area contributed by atoms with Gasteiger partial charge in [-0.2, -0.15) is 0 Å². The van der Waals surface area contributed by atoms with Gasteiger partial charge in [-0.15, -0.1) is 12.6 Å². The molecule has 0 atom stereocenters. The van der Waals surface area contributed by atoms with Crippen molar-refractivity contribution in [3.8, 4) is 0 Å². The van der Waals surface area contributed by atoms with E-state index in [1.807, 2.05) is 83.2 Å². The summed E-state index contributed by atoms with van der Waals surface area (Å²) in [4.78, 5) is 11.9. The van der Waals surface area contributed by atoms with Gasteiger partial charge in [0.2, 0.25) is 6.41 Å². The molecule has 226 valence electrons. The van der Waals surface area contributed by atoms with Gasteiger partial charge in [-0.3, -0.25) is 4.79 Å². The quantitative estimate of drug-likeness (QED) is 0.0415. The molecule has 2 aromatic carbocycles. The molecule has 0 saturated carbocycles. The van der Waals surface area contributed by atoms with Gasteiger partial charge in [0.1, 0.15) is 5.76 Å². The highest BCUT2D eigenvalue weighted by Gasteiger charge is 2.08. The molecular weight excluding hydrogens is 542 g/mol. The molecule has 42 heavy (non-hydrogen) atoms. The molecule has 6 N–H and O–H groups in total. The van der Waals surface area contributed by atoms with E-state index in [9.17, 15) is 4.79 Å². The van der Waals surface area contributed by atoms with Crippen molar-refractivity contribution in [3.05, 3.63) is 119 Å². The number of furan rings is 1. The number of amides is 1. The van der Waals surface area contributed by atoms with Crippen LogP contribution < -0.4 is 21.7 Å². The van der Waals surface area contributed by atoms with Gasteiger partial charge in [0.15, 0.2) is 0 Å². The smallest absolute Gasteiger partial charge is 0.211 e. The van der Waals surface area contributed by atoms with Crippen LogP contribution in [0.1, 0.15) is 63.5 Å². The third kappa shape index (κ3) is 14.3. The summed E-state index contributed by atoms with van der Waals surface area (Å²) in [6.45, 7) is 19.9. The van der Waals surface area contributed by atoms with Crippen molar-refractivity contribution < 1.29 is 9.21 Å². The molecule has 0 fully saturated rings. The summed E-state index contributed by atoms with van der Waals surface area (Å²) in [5.74, 6) is 1.47. The highest BCUT2D eigenvalue weighted by atomic mass is 32.1. The first-order valence-electron chi connectivity index (χ1n) is 14.0. The first-order valence-corrected chi connectivity index (χ1v) is 14.4. The van der Waals surface area contributed by atoms with Gasteiger partial charge in [0, 0.05) is 22.6 Å². The van der Waals surface area contributed by atoms with E-state index >= 15 is 0 Å². The largest absolute Gasteiger partial charge is 0.467 e. The number of anilines is 3. The number of nitrogens with two attached hydrogens (primary N) is 1. The third-order valence-electron chi connectivity index (χ3n) is 5.25. The summed E-state index contributed by atoms with van der Waals surface area (Å²) in [6.07, 6.45) is 10.4. The monoisotopic (exact) mass is 589 g/mol. The second-order valence-corrected chi connectivity index (χ2v) is 8.75. The van der Waals surface area contributed by atoms with Gasteiger partial charge in [-0.25, -0.2) is 0 Å². The van der Waals surface area contributed by atoms with Crippen molar-refractivity contribution in [1.82, 2.24) is 5.32 Å². The molecule has 1 aromatic heterocycles. The van der Waals surface area contributed by atoms with E-state index in [4.69, 9.17) is 15.6 Å². The summed E-state index contributed by atoms with van der Waals surface area (Å²) in [6, 6.07) is 14.9. The van der Waals surface area contributed by atoms with Gasteiger partial charge in [-0.05, 0) is 71.9 Å². The first-order chi connectivity index (χ1) is 20.3. The van der Waals surface area contributed by atoms with Crippen LogP contribution in [0.3, 0.4) is 0 Å². The van der Waals surface area contributed by atoms with Crippen LogP contribution in [0.15, 0.2) is 101 Å². The zero-order valence-electron chi connectivity index (χ0n) is 25.8. The zero-order valence-corrected chi connectivity index (χ0v) is 26.6. The fourth-order valence-corrected chi connectivity index (χ4v) is 3.36. The molecule has 0 spiro atoms. The van der Waals surface area contributed by atoms with E-state index in [0.29, 0.717) is 35.7 Å². The molecule has 0 radical (unpaired) electrons. The number of hydrogen-bond acceptors (Lipinski definition) is 7. The van der Waals surface area contributed by atoms with Crippen molar-refractivity contribution in [3.63, 3.8) is 0 Å². The van der Waals surface area contributed by atoms with Crippen molar-refractivity contribution >= 4 is 47.9 Å². The molecule has 0 unspecified atom stereocenters. The lowest BCUT2D eigenvalue weighted by Crippen LogP contribution is -2.17. The minimum Gasteiger partial charge on any atom is -0.467 e.